The van der Waals surface area contributed by atoms with Gasteiger partial charge in [0.15, 0.2) is 0 Å². The Morgan fingerprint density at radius 3 is 2.50 bits per heavy atom. The third-order valence-electron chi connectivity index (χ3n) is 3.27. The molecule has 2 heteroatoms. The van der Waals surface area contributed by atoms with Gasteiger partial charge in [-0.3, -0.25) is 0 Å². The van der Waals surface area contributed by atoms with Crippen LogP contribution >= 0.6 is 0 Å². The molecule has 0 amide bonds. The van der Waals surface area contributed by atoms with Crippen LogP contribution in [0.2, 0.25) is 0 Å². The zero-order valence-corrected chi connectivity index (χ0v) is 10.3. The van der Waals surface area contributed by atoms with E-state index < -0.39 is 0 Å². The zero-order valence-electron chi connectivity index (χ0n) is 10.3. The smallest absolute Gasteiger partial charge is 0.0953 e. The first-order chi connectivity index (χ1) is 8.88. The van der Waals surface area contributed by atoms with Gasteiger partial charge in [0.05, 0.1) is 18.6 Å². The Morgan fingerprint density at radius 2 is 1.78 bits per heavy atom. The van der Waals surface area contributed by atoms with Gasteiger partial charge in [-0.15, -0.1) is 0 Å². The molecule has 0 spiro atoms. The van der Waals surface area contributed by atoms with E-state index in [9.17, 15) is 0 Å². The molecule has 1 N–H and O–H groups in total. The lowest BCUT2D eigenvalue weighted by Gasteiger charge is -2.15. The molecule has 0 aliphatic carbocycles. The van der Waals surface area contributed by atoms with Crippen molar-refractivity contribution in [2.24, 2.45) is 0 Å². The van der Waals surface area contributed by atoms with Crippen molar-refractivity contribution in [2.45, 2.75) is 6.04 Å². The highest BCUT2D eigenvalue weighted by Gasteiger charge is 2.13. The van der Waals surface area contributed by atoms with Crippen LogP contribution in [0.15, 0.2) is 65.5 Å². The van der Waals surface area contributed by atoms with E-state index in [0.29, 0.717) is 0 Å². The largest absolute Gasteiger partial charge is 0.472 e. The van der Waals surface area contributed by atoms with Crippen LogP contribution in [0.25, 0.3) is 10.8 Å². The van der Waals surface area contributed by atoms with E-state index in [4.69, 9.17) is 4.42 Å². The molecule has 0 radical (unpaired) electrons. The normalized spacial score (nSPS) is 12.7. The minimum atomic E-state index is 0.174. The van der Waals surface area contributed by atoms with Crippen molar-refractivity contribution in [2.75, 3.05) is 7.05 Å². The summed E-state index contributed by atoms with van der Waals surface area (Å²) in [6.07, 6.45) is 3.50. The number of hydrogen-bond acceptors (Lipinski definition) is 2. The molecule has 0 saturated heterocycles. The number of nitrogens with one attached hydrogen (secondary N) is 1. The Labute approximate surface area is 106 Å². The highest BCUT2D eigenvalue weighted by molar-refractivity contribution is 5.83. The molecule has 1 atom stereocenters. The maximum atomic E-state index is 5.17. The van der Waals surface area contributed by atoms with Gasteiger partial charge in [-0.2, -0.15) is 0 Å². The molecule has 3 rings (SSSR count). The molecular formula is C16H15NO. The summed E-state index contributed by atoms with van der Waals surface area (Å²) in [5.41, 5.74) is 2.39. The molecular weight excluding hydrogens is 222 g/mol. The lowest BCUT2D eigenvalue weighted by atomic mass is 9.98. The highest BCUT2D eigenvalue weighted by atomic mass is 16.3. The SMILES string of the molecule is CNC(c1ccoc1)c1ccc2ccccc2c1. The Hall–Kier alpha value is -2.06. The Kier molecular flexibility index (Phi) is 2.87. The van der Waals surface area contributed by atoms with Crippen LogP contribution in [0.5, 0.6) is 0 Å². The van der Waals surface area contributed by atoms with E-state index in [1.807, 2.05) is 13.1 Å². The van der Waals surface area contributed by atoms with E-state index in [1.165, 1.54) is 16.3 Å². The molecule has 3 aromatic rings. The average Bonchev–Trinajstić information content (AvgIpc) is 2.93. The fraction of sp³-hybridized carbons (Fsp3) is 0.125. The standard InChI is InChI=1S/C16H15NO/c1-17-16(15-8-9-18-11-15)14-7-6-12-4-2-3-5-13(12)10-14/h2-11,16-17H,1H3. The average molecular weight is 237 g/mol. The van der Waals surface area contributed by atoms with E-state index >= 15 is 0 Å². The molecule has 18 heavy (non-hydrogen) atoms. The molecule has 90 valence electrons. The molecule has 0 bridgehead atoms. The number of benzene rings is 2. The van der Waals surface area contributed by atoms with Crippen LogP contribution in [0.4, 0.5) is 0 Å². The second-order valence-electron chi connectivity index (χ2n) is 4.38. The van der Waals surface area contributed by atoms with Crippen molar-refractivity contribution in [3.8, 4) is 0 Å². The quantitative estimate of drug-likeness (QED) is 0.750. The molecule has 0 aliphatic heterocycles. The summed E-state index contributed by atoms with van der Waals surface area (Å²) in [7, 11) is 1.97. The fourth-order valence-electron chi connectivity index (χ4n) is 2.35. The highest BCUT2D eigenvalue weighted by Crippen LogP contribution is 2.25. The Balaban J connectivity index is 2.07. The third kappa shape index (κ3) is 1.91. The summed E-state index contributed by atoms with van der Waals surface area (Å²) in [6.45, 7) is 0. The second kappa shape index (κ2) is 4.67. The van der Waals surface area contributed by atoms with Crippen LogP contribution < -0.4 is 5.32 Å². The molecule has 2 aromatic carbocycles. The number of furan rings is 1. The minimum absolute atomic E-state index is 0.174. The maximum absolute atomic E-state index is 5.17. The summed E-state index contributed by atoms with van der Waals surface area (Å²) >= 11 is 0. The molecule has 1 aromatic heterocycles. The van der Waals surface area contributed by atoms with Gasteiger partial charge in [0.2, 0.25) is 0 Å². The lowest BCUT2D eigenvalue weighted by Crippen LogP contribution is -2.16. The maximum Gasteiger partial charge on any atom is 0.0953 e. The molecule has 0 fully saturated rings. The van der Waals surface area contributed by atoms with Gasteiger partial charge < -0.3 is 9.73 Å². The van der Waals surface area contributed by atoms with Gasteiger partial charge in [-0.05, 0) is 35.5 Å². The van der Waals surface area contributed by atoms with Crippen LogP contribution in [0.1, 0.15) is 17.2 Å². The lowest BCUT2D eigenvalue weighted by molar-refractivity contribution is 0.557. The first-order valence-electron chi connectivity index (χ1n) is 6.06. The number of fused-ring (bicyclic) bond motifs is 1. The summed E-state index contributed by atoms with van der Waals surface area (Å²) in [6, 6.07) is 17.1. The molecule has 1 heterocycles. The van der Waals surface area contributed by atoms with Crippen LogP contribution in [-0.2, 0) is 0 Å². The Morgan fingerprint density at radius 1 is 0.944 bits per heavy atom. The second-order valence-corrected chi connectivity index (χ2v) is 4.38. The minimum Gasteiger partial charge on any atom is -0.472 e. The van der Waals surface area contributed by atoms with E-state index in [2.05, 4.69) is 47.8 Å². The number of rotatable bonds is 3. The van der Waals surface area contributed by atoms with Crippen molar-refractivity contribution in [3.05, 3.63) is 72.2 Å². The fourth-order valence-corrected chi connectivity index (χ4v) is 2.35. The molecule has 0 aliphatic rings. The van der Waals surface area contributed by atoms with Crippen molar-refractivity contribution < 1.29 is 4.42 Å². The van der Waals surface area contributed by atoms with Gasteiger partial charge in [-0.25, -0.2) is 0 Å². The third-order valence-corrected chi connectivity index (χ3v) is 3.27. The van der Waals surface area contributed by atoms with Gasteiger partial charge in [-0.1, -0.05) is 36.4 Å². The molecule has 1 unspecified atom stereocenters. The topological polar surface area (TPSA) is 25.2 Å². The predicted octanol–water partition coefficient (Wildman–Crippen LogP) is 3.74. The first kappa shape index (κ1) is 11.1. The van der Waals surface area contributed by atoms with Crippen molar-refractivity contribution in [3.63, 3.8) is 0 Å². The summed E-state index contributed by atoms with van der Waals surface area (Å²) in [5.74, 6) is 0. The Bertz CT molecular complexity index is 643. The van der Waals surface area contributed by atoms with Gasteiger partial charge in [0, 0.05) is 5.56 Å². The monoisotopic (exact) mass is 237 g/mol. The summed E-state index contributed by atoms with van der Waals surface area (Å²) in [5, 5.41) is 5.86. The first-order valence-corrected chi connectivity index (χ1v) is 6.06. The molecule has 2 nitrogen and oxygen atoms in total. The summed E-state index contributed by atoms with van der Waals surface area (Å²) in [4.78, 5) is 0. The van der Waals surface area contributed by atoms with E-state index in [-0.39, 0.29) is 6.04 Å². The summed E-state index contributed by atoms with van der Waals surface area (Å²) < 4.78 is 5.17. The van der Waals surface area contributed by atoms with Crippen molar-refractivity contribution >= 4 is 10.8 Å². The van der Waals surface area contributed by atoms with Crippen LogP contribution in [-0.4, -0.2) is 7.05 Å². The van der Waals surface area contributed by atoms with Crippen LogP contribution in [0, 0.1) is 0 Å². The van der Waals surface area contributed by atoms with Crippen molar-refractivity contribution in [1.29, 1.82) is 0 Å². The van der Waals surface area contributed by atoms with Crippen molar-refractivity contribution in [1.82, 2.24) is 5.32 Å². The van der Waals surface area contributed by atoms with E-state index in [0.717, 1.165) is 5.56 Å². The van der Waals surface area contributed by atoms with Gasteiger partial charge in [0.1, 0.15) is 0 Å². The van der Waals surface area contributed by atoms with E-state index in [1.54, 1.807) is 12.5 Å². The molecule has 0 saturated carbocycles. The van der Waals surface area contributed by atoms with Gasteiger partial charge >= 0.3 is 0 Å². The predicted molar refractivity (Wildman–Crippen MR) is 73.6 cm³/mol. The van der Waals surface area contributed by atoms with Gasteiger partial charge in [0.25, 0.3) is 0 Å². The number of hydrogen-bond donors (Lipinski definition) is 1. The van der Waals surface area contributed by atoms with Crippen LogP contribution in [0.3, 0.4) is 0 Å². The zero-order chi connectivity index (χ0) is 12.4.